The van der Waals surface area contributed by atoms with E-state index in [1.165, 1.54) is 0 Å². The Labute approximate surface area is 133 Å². The van der Waals surface area contributed by atoms with E-state index < -0.39 is 10.0 Å². The van der Waals surface area contributed by atoms with Gasteiger partial charge in [-0.1, -0.05) is 15.9 Å². The number of nitrogens with zero attached hydrogens (tertiary/aromatic N) is 1. The summed E-state index contributed by atoms with van der Waals surface area (Å²) in [5.41, 5.74) is 7.20. The summed E-state index contributed by atoms with van der Waals surface area (Å²) in [4.78, 5) is 0.346. The first kappa shape index (κ1) is 15.4. The van der Waals surface area contributed by atoms with Gasteiger partial charge in [0.05, 0.1) is 17.1 Å². The van der Waals surface area contributed by atoms with E-state index in [-0.39, 0.29) is 12.2 Å². The van der Waals surface area contributed by atoms with Crippen LogP contribution in [0.1, 0.15) is 24.0 Å². The van der Waals surface area contributed by atoms with Crippen LogP contribution in [0.25, 0.3) is 0 Å². The van der Waals surface area contributed by atoms with Gasteiger partial charge in [-0.15, -0.1) is 0 Å². The number of sulfonamides is 1. The summed E-state index contributed by atoms with van der Waals surface area (Å²) in [5.74, 6) is 0. The van der Waals surface area contributed by atoms with Crippen molar-refractivity contribution in [2.24, 2.45) is 5.73 Å². The molecule has 2 fully saturated rings. The van der Waals surface area contributed by atoms with Gasteiger partial charge in [0, 0.05) is 24.1 Å². The van der Waals surface area contributed by atoms with E-state index in [1.807, 2.05) is 13.0 Å². The third-order valence-electron chi connectivity index (χ3n) is 4.22. The van der Waals surface area contributed by atoms with Gasteiger partial charge in [-0.3, -0.25) is 0 Å². The van der Waals surface area contributed by atoms with E-state index in [9.17, 15) is 8.42 Å². The van der Waals surface area contributed by atoms with Crippen LogP contribution in [-0.4, -0.2) is 38.0 Å². The van der Waals surface area contributed by atoms with Crippen LogP contribution in [0, 0.1) is 6.92 Å². The zero-order chi connectivity index (χ0) is 15.2. The first-order valence-electron chi connectivity index (χ1n) is 7.06. The topological polar surface area (TPSA) is 72.6 Å². The predicted octanol–water partition coefficient (Wildman–Crippen LogP) is 1.77. The molecule has 21 heavy (non-hydrogen) atoms. The third kappa shape index (κ3) is 2.77. The largest absolute Gasteiger partial charge is 0.372 e. The number of hydrogen-bond acceptors (Lipinski definition) is 4. The monoisotopic (exact) mass is 374 g/mol. The van der Waals surface area contributed by atoms with Crippen molar-refractivity contribution in [3.05, 3.63) is 27.7 Å². The molecule has 5 nitrogen and oxygen atoms in total. The molecule has 2 bridgehead atoms. The molecule has 2 aliphatic rings. The Morgan fingerprint density at radius 3 is 2.52 bits per heavy atom. The lowest BCUT2D eigenvalue weighted by Crippen LogP contribution is -2.45. The zero-order valence-corrected chi connectivity index (χ0v) is 14.3. The van der Waals surface area contributed by atoms with E-state index in [4.69, 9.17) is 10.5 Å². The normalized spacial score (nSPS) is 26.2. The SMILES string of the molecule is Cc1c(Br)cc(CN)cc1S(=O)(=O)N1CC2CCC(C1)O2. The summed E-state index contributed by atoms with van der Waals surface area (Å²) in [6, 6.07) is 3.56. The maximum atomic E-state index is 13.0. The molecule has 116 valence electrons. The van der Waals surface area contributed by atoms with Crippen molar-refractivity contribution in [1.82, 2.24) is 4.31 Å². The summed E-state index contributed by atoms with van der Waals surface area (Å²) >= 11 is 3.43. The second kappa shape index (κ2) is 5.62. The average molecular weight is 375 g/mol. The summed E-state index contributed by atoms with van der Waals surface area (Å²) in [5, 5.41) is 0. The highest BCUT2D eigenvalue weighted by Gasteiger charge is 2.39. The van der Waals surface area contributed by atoms with Gasteiger partial charge in [0.1, 0.15) is 0 Å². The van der Waals surface area contributed by atoms with Gasteiger partial charge in [0.25, 0.3) is 0 Å². The van der Waals surface area contributed by atoms with Crippen molar-refractivity contribution in [2.75, 3.05) is 13.1 Å². The van der Waals surface area contributed by atoms with Crippen molar-refractivity contribution in [3.63, 3.8) is 0 Å². The van der Waals surface area contributed by atoms with E-state index in [1.54, 1.807) is 10.4 Å². The number of halogens is 1. The number of benzene rings is 1. The third-order valence-corrected chi connectivity index (χ3v) is 7.00. The molecule has 1 aromatic carbocycles. The van der Waals surface area contributed by atoms with Crippen LogP contribution < -0.4 is 5.73 Å². The molecule has 0 aliphatic carbocycles. The fourth-order valence-electron chi connectivity index (χ4n) is 3.01. The minimum Gasteiger partial charge on any atom is -0.372 e. The first-order chi connectivity index (χ1) is 9.91. The van der Waals surface area contributed by atoms with Crippen LogP contribution in [0.3, 0.4) is 0 Å². The van der Waals surface area contributed by atoms with Crippen molar-refractivity contribution in [3.8, 4) is 0 Å². The number of morpholine rings is 1. The molecule has 0 saturated carbocycles. The van der Waals surface area contributed by atoms with Gasteiger partial charge in [-0.05, 0) is 43.0 Å². The van der Waals surface area contributed by atoms with E-state index in [0.717, 1.165) is 28.4 Å². The number of fused-ring (bicyclic) bond motifs is 2. The van der Waals surface area contributed by atoms with Crippen LogP contribution in [0.4, 0.5) is 0 Å². The number of hydrogen-bond donors (Lipinski definition) is 1. The summed E-state index contributed by atoms with van der Waals surface area (Å²) in [6.07, 6.45) is 1.98. The lowest BCUT2D eigenvalue weighted by molar-refractivity contribution is -0.0114. The quantitative estimate of drug-likeness (QED) is 0.874. The second-order valence-corrected chi connectivity index (χ2v) is 8.45. The fourth-order valence-corrected chi connectivity index (χ4v) is 5.44. The molecule has 2 heterocycles. The van der Waals surface area contributed by atoms with Gasteiger partial charge in [0.15, 0.2) is 0 Å². The molecule has 2 saturated heterocycles. The molecule has 2 atom stereocenters. The maximum absolute atomic E-state index is 13.0. The molecule has 1 aromatic rings. The molecule has 2 aliphatic heterocycles. The number of rotatable bonds is 3. The van der Waals surface area contributed by atoms with Crippen LogP contribution in [0.15, 0.2) is 21.5 Å². The van der Waals surface area contributed by atoms with Crippen LogP contribution in [0.5, 0.6) is 0 Å². The molecule has 2 unspecified atom stereocenters. The van der Waals surface area contributed by atoms with Crippen LogP contribution >= 0.6 is 15.9 Å². The molecular formula is C14H19BrN2O3S. The van der Waals surface area contributed by atoms with Crippen molar-refractivity contribution < 1.29 is 13.2 Å². The Kier molecular flexibility index (Phi) is 4.13. The number of nitrogens with two attached hydrogens (primary N) is 1. The lowest BCUT2D eigenvalue weighted by Gasteiger charge is -2.31. The van der Waals surface area contributed by atoms with Crippen molar-refractivity contribution >= 4 is 26.0 Å². The summed E-state index contributed by atoms with van der Waals surface area (Å²) in [7, 11) is -3.51. The Morgan fingerprint density at radius 2 is 1.95 bits per heavy atom. The zero-order valence-electron chi connectivity index (χ0n) is 11.9. The molecule has 0 spiro atoms. The Balaban J connectivity index is 2.00. The van der Waals surface area contributed by atoms with Gasteiger partial charge in [-0.2, -0.15) is 4.31 Å². The maximum Gasteiger partial charge on any atom is 0.243 e. The van der Waals surface area contributed by atoms with Gasteiger partial charge in [0.2, 0.25) is 10.0 Å². The summed E-state index contributed by atoms with van der Waals surface area (Å²) < 4.78 is 34.0. The van der Waals surface area contributed by atoms with Crippen LogP contribution in [0.2, 0.25) is 0 Å². The van der Waals surface area contributed by atoms with Crippen molar-refractivity contribution in [1.29, 1.82) is 0 Å². The molecule has 2 N–H and O–H groups in total. The molecule has 7 heteroatoms. The smallest absolute Gasteiger partial charge is 0.243 e. The highest BCUT2D eigenvalue weighted by Crippen LogP contribution is 2.33. The van der Waals surface area contributed by atoms with Gasteiger partial charge >= 0.3 is 0 Å². The van der Waals surface area contributed by atoms with E-state index >= 15 is 0 Å². The molecular weight excluding hydrogens is 356 g/mol. The molecule has 0 aromatic heterocycles. The highest BCUT2D eigenvalue weighted by atomic mass is 79.9. The number of ether oxygens (including phenoxy) is 1. The average Bonchev–Trinajstić information content (AvgIpc) is 2.79. The Morgan fingerprint density at radius 1 is 1.33 bits per heavy atom. The van der Waals surface area contributed by atoms with Crippen LogP contribution in [-0.2, 0) is 21.3 Å². The molecule has 0 radical (unpaired) electrons. The first-order valence-corrected chi connectivity index (χ1v) is 9.30. The second-order valence-electron chi connectivity index (χ2n) is 5.68. The fraction of sp³-hybridized carbons (Fsp3) is 0.571. The van der Waals surface area contributed by atoms with E-state index in [2.05, 4.69) is 15.9 Å². The minimum absolute atomic E-state index is 0.0416. The Hall–Kier alpha value is -0.470. The lowest BCUT2D eigenvalue weighted by atomic mass is 10.1. The Bertz CT molecular complexity index is 650. The standard InChI is InChI=1S/C14H19BrN2O3S/c1-9-13(15)4-10(6-16)5-14(9)21(18,19)17-7-11-2-3-12(8-17)20-11/h4-5,11-12H,2-3,6-8,16H2,1H3. The van der Waals surface area contributed by atoms with E-state index in [0.29, 0.717) is 24.5 Å². The molecule has 0 amide bonds. The molecule has 3 rings (SSSR count). The van der Waals surface area contributed by atoms with Crippen molar-refractivity contribution in [2.45, 2.75) is 43.4 Å². The predicted molar refractivity (Wildman–Crippen MR) is 83.4 cm³/mol. The highest BCUT2D eigenvalue weighted by molar-refractivity contribution is 9.10. The van der Waals surface area contributed by atoms with Gasteiger partial charge in [-0.25, -0.2) is 8.42 Å². The van der Waals surface area contributed by atoms with Gasteiger partial charge < -0.3 is 10.5 Å². The summed E-state index contributed by atoms with van der Waals surface area (Å²) in [6.45, 7) is 3.02. The minimum atomic E-state index is -3.51.